The average Bonchev–Trinajstić information content (AvgIpc) is 3.63. The van der Waals surface area contributed by atoms with Crippen LogP contribution in [0.3, 0.4) is 0 Å². The van der Waals surface area contributed by atoms with Gasteiger partial charge < -0.3 is 19.7 Å². The third kappa shape index (κ3) is 5.75. The second-order valence-electron chi connectivity index (χ2n) is 10.6. The molecule has 1 saturated heterocycles. The molecule has 39 heavy (non-hydrogen) atoms. The molecular weight excluding hydrogens is 537 g/mol. The molecule has 0 unspecified atom stereocenters. The highest BCUT2D eigenvalue weighted by Gasteiger charge is 2.54. The molecule has 1 spiro atoms. The maximum Gasteiger partial charge on any atom is 0.410 e. The standard InChI is InChI=1S/C26H28ClF3N6O3/c1-25(2,3)39-24(37)36-9-8-35(13-26(36)6-7-26)20-10-15-17(11-31-20)32-14-33-23(15)34-16-4-5-18(21(27)22(16)30)38-12-19(28)29/h4-5,10-11,14,19H,6-9,12-13H2,1-3H3,(H,32,33,34). The van der Waals surface area contributed by atoms with Gasteiger partial charge in [0, 0.05) is 25.0 Å². The molecule has 3 aromatic rings. The number of hydrogen-bond acceptors (Lipinski definition) is 8. The maximum absolute atomic E-state index is 15.0. The van der Waals surface area contributed by atoms with Gasteiger partial charge in [-0.1, -0.05) is 11.6 Å². The molecular formula is C26H28ClF3N6O3. The number of hydrogen-bond donors (Lipinski definition) is 1. The van der Waals surface area contributed by atoms with Gasteiger partial charge in [0.1, 0.15) is 40.9 Å². The van der Waals surface area contributed by atoms with Gasteiger partial charge >= 0.3 is 6.09 Å². The first-order chi connectivity index (χ1) is 18.5. The Bertz CT molecular complexity index is 1400. The second kappa shape index (κ2) is 10.2. The van der Waals surface area contributed by atoms with Crippen LogP contribution >= 0.6 is 11.6 Å². The van der Waals surface area contributed by atoms with Crippen molar-refractivity contribution in [2.24, 2.45) is 0 Å². The molecule has 5 rings (SSSR count). The fourth-order valence-electron chi connectivity index (χ4n) is 4.59. The van der Waals surface area contributed by atoms with E-state index in [0.717, 1.165) is 12.8 Å². The van der Waals surface area contributed by atoms with Crippen molar-refractivity contribution in [2.45, 2.75) is 51.2 Å². The largest absolute Gasteiger partial charge is 0.486 e. The summed E-state index contributed by atoms with van der Waals surface area (Å²) in [5.74, 6) is -0.0601. The number of aromatic nitrogens is 3. The first kappa shape index (κ1) is 27.0. The zero-order valence-electron chi connectivity index (χ0n) is 21.7. The van der Waals surface area contributed by atoms with Crippen LogP contribution in [0.25, 0.3) is 10.9 Å². The molecule has 1 aliphatic heterocycles. The van der Waals surface area contributed by atoms with Crippen molar-refractivity contribution < 1.29 is 27.4 Å². The van der Waals surface area contributed by atoms with E-state index < -0.39 is 29.5 Å². The monoisotopic (exact) mass is 564 g/mol. The van der Waals surface area contributed by atoms with Gasteiger partial charge in [0.25, 0.3) is 6.43 Å². The number of piperazine rings is 1. The van der Waals surface area contributed by atoms with Gasteiger partial charge in [0.15, 0.2) is 5.82 Å². The van der Waals surface area contributed by atoms with Crippen LogP contribution in [0.5, 0.6) is 5.75 Å². The van der Waals surface area contributed by atoms with Gasteiger partial charge in [-0.15, -0.1) is 0 Å². The summed E-state index contributed by atoms with van der Waals surface area (Å²) in [5.41, 5.74) is -0.338. The van der Waals surface area contributed by atoms with Crippen LogP contribution < -0.4 is 15.0 Å². The number of carbonyl (C=O) groups excluding carboxylic acids is 1. The van der Waals surface area contributed by atoms with Crippen LogP contribution in [0, 0.1) is 5.82 Å². The lowest BCUT2D eigenvalue weighted by atomic mass is 10.1. The van der Waals surface area contributed by atoms with E-state index in [1.54, 1.807) is 6.20 Å². The summed E-state index contributed by atoms with van der Waals surface area (Å²) >= 11 is 6.02. The van der Waals surface area contributed by atoms with Crippen molar-refractivity contribution in [3.8, 4) is 5.75 Å². The highest BCUT2D eigenvalue weighted by atomic mass is 35.5. The molecule has 1 saturated carbocycles. The number of ether oxygens (including phenoxy) is 2. The number of pyridine rings is 1. The molecule has 0 bridgehead atoms. The number of rotatable bonds is 6. The van der Waals surface area contributed by atoms with Crippen molar-refractivity contribution in [1.82, 2.24) is 19.9 Å². The summed E-state index contributed by atoms with van der Waals surface area (Å²) in [6, 6.07) is 4.47. The number of amides is 1. The lowest BCUT2D eigenvalue weighted by Gasteiger charge is -2.42. The Kier molecular flexibility index (Phi) is 7.08. The van der Waals surface area contributed by atoms with Gasteiger partial charge in [-0.25, -0.2) is 32.9 Å². The Morgan fingerprint density at radius 2 is 1.97 bits per heavy atom. The Morgan fingerprint density at radius 1 is 1.21 bits per heavy atom. The maximum atomic E-state index is 15.0. The molecule has 2 aromatic heterocycles. The number of nitrogens with one attached hydrogen (secondary N) is 1. The fourth-order valence-corrected chi connectivity index (χ4v) is 4.81. The highest BCUT2D eigenvalue weighted by molar-refractivity contribution is 6.32. The van der Waals surface area contributed by atoms with Crippen molar-refractivity contribution in [2.75, 3.05) is 36.5 Å². The van der Waals surface area contributed by atoms with Crippen molar-refractivity contribution >= 4 is 45.9 Å². The summed E-state index contributed by atoms with van der Waals surface area (Å²) in [6.45, 7) is 6.31. The molecule has 208 valence electrons. The van der Waals surface area contributed by atoms with E-state index in [2.05, 4.69) is 25.2 Å². The van der Waals surface area contributed by atoms with E-state index in [4.69, 9.17) is 21.1 Å². The highest BCUT2D eigenvalue weighted by Crippen LogP contribution is 2.45. The van der Waals surface area contributed by atoms with Crippen molar-refractivity contribution in [1.29, 1.82) is 0 Å². The minimum atomic E-state index is -2.72. The molecule has 0 radical (unpaired) electrons. The van der Waals surface area contributed by atoms with E-state index in [1.807, 2.05) is 31.7 Å². The Morgan fingerprint density at radius 3 is 2.67 bits per heavy atom. The molecule has 2 aliphatic rings. The lowest BCUT2D eigenvalue weighted by Crippen LogP contribution is -2.58. The first-order valence-electron chi connectivity index (χ1n) is 12.5. The third-order valence-corrected chi connectivity index (χ3v) is 6.94. The summed E-state index contributed by atoms with van der Waals surface area (Å²) in [6.07, 6.45) is 1.67. The zero-order valence-corrected chi connectivity index (χ0v) is 22.4. The number of benzene rings is 1. The van der Waals surface area contributed by atoms with Crippen molar-refractivity contribution in [3.63, 3.8) is 0 Å². The van der Waals surface area contributed by atoms with Crippen LogP contribution in [-0.2, 0) is 4.74 Å². The van der Waals surface area contributed by atoms with E-state index in [0.29, 0.717) is 42.2 Å². The topological polar surface area (TPSA) is 92.7 Å². The van der Waals surface area contributed by atoms with E-state index >= 15 is 0 Å². The minimum Gasteiger partial charge on any atom is -0.486 e. The molecule has 0 atom stereocenters. The third-order valence-electron chi connectivity index (χ3n) is 6.59. The second-order valence-corrected chi connectivity index (χ2v) is 11.0. The molecule has 1 N–H and O–H groups in total. The normalized spacial score (nSPS) is 16.6. The number of nitrogens with zero attached hydrogens (tertiary/aromatic N) is 5. The molecule has 13 heteroatoms. The first-order valence-corrected chi connectivity index (χ1v) is 12.9. The Hall–Kier alpha value is -3.54. The number of alkyl halides is 2. The van der Waals surface area contributed by atoms with Crippen molar-refractivity contribution in [3.05, 3.63) is 41.6 Å². The number of halogens is 4. The number of carbonyl (C=O) groups is 1. The van der Waals surface area contributed by atoms with Crippen LogP contribution in [0.2, 0.25) is 5.02 Å². The Balaban J connectivity index is 1.37. The van der Waals surface area contributed by atoms with E-state index in [9.17, 15) is 18.0 Å². The van der Waals surface area contributed by atoms with Crippen LogP contribution in [0.4, 0.5) is 35.3 Å². The quantitative estimate of drug-likeness (QED) is 0.402. The van der Waals surface area contributed by atoms with Crippen LogP contribution in [-0.4, -0.2) is 69.8 Å². The predicted octanol–water partition coefficient (Wildman–Crippen LogP) is 5.79. The van der Waals surface area contributed by atoms with Gasteiger partial charge in [-0.2, -0.15) is 0 Å². The fraction of sp³-hybridized carbons (Fsp3) is 0.462. The average molecular weight is 565 g/mol. The molecule has 1 amide bonds. The van der Waals surface area contributed by atoms with Gasteiger partial charge in [0.2, 0.25) is 0 Å². The molecule has 2 fully saturated rings. The lowest BCUT2D eigenvalue weighted by molar-refractivity contribution is 0.0106. The summed E-state index contributed by atoms with van der Waals surface area (Å²) < 4.78 is 50.4. The van der Waals surface area contributed by atoms with Gasteiger partial charge in [-0.05, 0) is 51.8 Å². The molecule has 1 aliphatic carbocycles. The molecule has 3 heterocycles. The Labute approximate surface area is 228 Å². The summed E-state index contributed by atoms with van der Waals surface area (Å²) in [5, 5.41) is 3.10. The number of anilines is 3. The molecule has 1 aromatic carbocycles. The van der Waals surface area contributed by atoms with E-state index in [1.165, 1.54) is 18.5 Å². The zero-order chi connectivity index (χ0) is 27.9. The SMILES string of the molecule is CC(C)(C)OC(=O)N1CCN(c2cc3c(Nc4ccc(OCC(F)F)c(Cl)c4F)ncnc3cn2)CC12CC2. The summed E-state index contributed by atoms with van der Waals surface area (Å²) in [4.78, 5) is 29.9. The van der Waals surface area contributed by atoms with Gasteiger partial charge in [-0.3, -0.25) is 4.90 Å². The van der Waals surface area contributed by atoms with Gasteiger partial charge in [0.05, 0.1) is 22.9 Å². The summed E-state index contributed by atoms with van der Waals surface area (Å²) in [7, 11) is 0. The number of fused-ring (bicyclic) bond motifs is 1. The smallest absolute Gasteiger partial charge is 0.410 e. The van der Waals surface area contributed by atoms with E-state index in [-0.39, 0.29) is 23.1 Å². The van der Waals surface area contributed by atoms with Crippen LogP contribution in [0.1, 0.15) is 33.6 Å². The molecule has 9 nitrogen and oxygen atoms in total. The van der Waals surface area contributed by atoms with Crippen LogP contribution in [0.15, 0.2) is 30.7 Å². The minimum absolute atomic E-state index is 0.00864. The predicted molar refractivity (Wildman–Crippen MR) is 141 cm³/mol.